The summed E-state index contributed by atoms with van der Waals surface area (Å²) in [4.78, 5) is 2.48. The van der Waals surface area contributed by atoms with E-state index in [4.69, 9.17) is 0 Å². The Kier molecular flexibility index (Phi) is 2.87. The molecule has 0 saturated carbocycles. The first-order valence-electron chi connectivity index (χ1n) is 5.25. The van der Waals surface area contributed by atoms with Crippen LogP contribution in [-0.2, 0) is 0 Å². The number of hydrogen-bond donors (Lipinski definition) is 1. The Labute approximate surface area is 80.7 Å². The van der Waals surface area contributed by atoms with Crippen molar-refractivity contribution in [1.82, 2.24) is 10.2 Å². The number of piperidine rings is 1. The van der Waals surface area contributed by atoms with E-state index in [1.165, 1.54) is 32.5 Å². The van der Waals surface area contributed by atoms with Crippen LogP contribution in [0, 0.1) is 17.8 Å². The molecule has 0 aromatic heterocycles. The van der Waals surface area contributed by atoms with Crippen molar-refractivity contribution >= 4 is 0 Å². The lowest BCUT2D eigenvalue weighted by molar-refractivity contribution is 0.336. The molecule has 2 heterocycles. The maximum Gasteiger partial charge on any atom is 0.0602 e. The van der Waals surface area contributed by atoms with Crippen LogP contribution in [0.5, 0.6) is 0 Å². The van der Waals surface area contributed by atoms with E-state index in [2.05, 4.69) is 22.1 Å². The first kappa shape index (κ1) is 9.05. The van der Waals surface area contributed by atoms with Gasteiger partial charge in [-0.2, -0.15) is 0 Å². The highest BCUT2D eigenvalue weighted by atomic mass is 15.2. The summed E-state index contributed by atoms with van der Waals surface area (Å²) < 4.78 is 0. The average Bonchev–Trinajstić information content (AvgIpc) is 2.57. The zero-order valence-electron chi connectivity index (χ0n) is 8.34. The van der Waals surface area contributed by atoms with Gasteiger partial charge in [0.15, 0.2) is 0 Å². The van der Waals surface area contributed by atoms with Gasteiger partial charge in [0.25, 0.3) is 0 Å². The van der Waals surface area contributed by atoms with E-state index in [1.54, 1.807) is 0 Å². The van der Waals surface area contributed by atoms with Crippen LogP contribution in [0.15, 0.2) is 0 Å². The van der Waals surface area contributed by atoms with Crippen molar-refractivity contribution in [3.05, 3.63) is 0 Å². The van der Waals surface area contributed by atoms with Gasteiger partial charge in [0.05, 0.1) is 6.54 Å². The van der Waals surface area contributed by atoms with Crippen LogP contribution >= 0.6 is 0 Å². The monoisotopic (exact) mass is 178 g/mol. The highest BCUT2D eigenvalue weighted by molar-refractivity contribution is 5.01. The molecule has 2 fully saturated rings. The minimum atomic E-state index is 0.757. The Balaban J connectivity index is 1.86. The summed E-state index contributed by atoms with van der Waals surface area (Å²) in [6.45, 7) is 6.56. The van der Waals surface area contributed by atoms with Gasteiger partial charge in [0.1, 0.15) is 0 Å². The highest BCUT2D eigenvalue weighted by Crippen LogP contribution is 2.24. The number of hydrogen-bond acceptors (Lipinski definition) is 2. The molecule has 2 rings (SSSR count). The lowest BCUT2D eigenvalue weighted by Crippen LogP contribution is -2.40. The third kappa shape index (κ3) is 2.04. The summed E-state index contributed by atoms with van der Waals surface area (Å²) in [5.41, 5.74) is 0. The fourth-order valence-electron chi connectivity index (χ4n) is 2.46. The van der Waals surface area contributed by atoms with Crippen molar-refractivity contribution in [1.29, 1.82) is 0 Å². The molecular weight excluding hydrogens is 160 g/mol. The molecule has 0 radical (unpaired) electrons. The van der Waals surface area contributed by atoms with Crippen molar-refractivity contribution in [2.45, 2.75) is 25.8 Å². The van der Waals surface area contributed by atoms with E-state index in [1.807, 2.05) is 6.92 Å². The van der Waals surface area contributed by atoms with E-state index in [9.17, 15) is 0 Å². The molecule has 2 aliphatic heterocycles. The first-order chi connectivity index (χ1) is 6.40. The van der Waals surface area contributed by atoms with E-state index in [0.717, 1.165) is 18.5 Å². The highest BCUT2D eigenvalue weighted by Gasteiger charge is 2.33. The van der Waals surface area contributed by atoms with Gasteiger partial charge < -0.3 is 5.32 Å². The topological polar surface area (TPSA) is 15.3 Å². The molecule has 0 aromatic carbocycles. The van der Waals surface area contributed by atoms with Crippen LogP contribution in [0.4, 0.5) is 0 Å². The Bertz CT molecular complexity index is 212. The lowest BCUT2D eigenvalue weighted by Gasteiger charge is -2.24. The molecule has 2 unspecified atom stereocenters. The van der Waals surface area contributed by atoms with E-state index >= 15 is 0 Å². The lowest BCUT2D eigenvalue weighted by atomic mass is 9.94. The second kappa shape index (κ2) is 4.13. The van der Waals surface area contributed by atoms with Crippen LogP contribution in [0.25, 0.3) is 0 Å². The number of fused-ring (bicyclic) bond motifs is 1. The van der Waals surface area contributed by atoms with Gasteiger partial charge >= 0.3 is 0 Å². The van der Waals surface area contributed by atoms with E-state index < -0.39 is 0 Å². The summed E-state index contributed by atoms with van der Waals surface area (Å²) in [5, 5.41) is 3.60. The second-order valence-corrected chi connectivity index (χ2v) is 4.08. The van der Waals surface area contributed by atoms with E-state index in [-0.39, 0.29) is 0 Å². The molecular formula is C11H18N2. The van der Waals surface area contributed by atoms with Crippen molar-refractivity contribution < 1.29 is 0 Å². The van der Waals surface area contributed by atoms with Gasteiger partial charge in [-0.05, 0) is 32.2 Å². The standard InChI is InChI=1S/C11H18N2/c1-2-3-7-13-8-10-5-4-6-12-11(10)9-13/h10-12H,4-9H2,1H3. The van der Waals surface area contributed by atoms with Crippen molar-refractivity contribution in [3.63, 3.8) is 0 Å². The molecule has 0 bridgehead atoms. The van der Waals surface area contributed by atoms with Crippen molar-refractivity contribution in [2.75, 3.05) is 26.2 Å². The SMILES string of the molecule is CC#CCN1CC2CCCNC2C1. The van der Waals surface area contributed by atoms with Gasteiger partial charge in [-0.15, -0.1) is 5.92 Å². The molecule has 13 heavy (non-hydrogen) atoms. The van der Waals surface area contributed by atoms with Crippen LogP contribution in [-0.4, -0.2) is 37.1 Å². The molecule has 0 spiro atoms. The Morgan fingerprint density at radius 2 is 2.38 bits per heavy atom. The molecule has 0 amide bonds. The average molecular weight is 178 g/mol. The maximum absolute atomic E-state index is 3.60. The number of likely N-dealkylation sites (tertiary alicyclic amines) is 1. The number of nitrogens with zero attached hydrogens (tertiary/aromatic N) is 1. The molecule has 72 valence electrons. The predicted molar refractivity (Wildman–Crippen MR) is 54.4 cm³/mol. The number of rotatable bonds is 1. The fourth-order valence-corrected chi connectivity index (χ4v) is 2.46. The minimum Gasteiger partial charge on any atom is -0.312 e. The summed E-state index contributed by atoms with van der Waals surface area (Å²) in [5.74, 6) is 7.01. The molecule has 2 aliphatic rings. The number of nitrogens with one attached hydrogen (secondary N) is 1. The Hall–Kier alpha value is -0.520. The largest absolute Gasteiger partial charge is 0.312 e. The van der Waals surface area contributed by atoms with Gasteiger partial charge in [0, 0.05) is 19.1 Å². The van der Waals surface area contributed by atoms with Gasteiger partial charge in [-0.3, -0.25) is 4.90 Å². The molecule has 2 saturated heterocycles. The Morgan fingerprint density at radius 1 is 1.46 bits per heavy atom. The first-order valence-corrected chi connectivity index (χ1v) is 5.25. The fraction of sp³-hybridized carbons (Fsp3) is 0.818. The van der Waals surface area contributed by atoms with Crippen LogP contribution < -0.4 is 5.32 Å². The summed E-state index contributed by atoms with van der Waals surface area (Å²) in [6.07, 6.45) is 2.77. The quantitative estimate of drug-likeness (QED) is 0.594. The summed E-state index contributed by atoms with van der Waals surface area (Å²) >= 11 is 0. The summed E-state index contributed by atoms with van der Waals surface area (Å²) in [7, 11) is 0. The molecule has 2 heteroatoms. The van der Waals surface area contributed by atoms with Crippen molar-refractivity contribution in [2.24, 2.45) is 5.92 Å². The third-order valence-corrected chi connectivity index (χ3v) is 3.15. The van der Waals surface area contributed by atoms with Crippen LogP contribution in [0.2, 0.25) is 0 Å². The zero-order valence-corrected chi connectivity index (χ0v) is 8.34. The molecule has 0 aromatic rings. The molecule has 0 aliphatic carbocycles. The summed E-state index contributed by atoms with van der Waals surface area (Å²) in [6, 6.07) is 0.757. The van der Waals surface area contributed by atoms with Crippen LogP contribution in [0.3, 0.4) is 0 Å². The van der Waals surface area contributed by atoms with Gasteiger partial charge in [-0.25, -0.2) is 0 Å². The molecule has 2 atom stereocenters. The second-order valence-electron chi connectivity index (χ2n) is 4.08. The Morgan fingerprint density at radius 3 is 3.15 bits per heavy atom. The predicted octanol–water partition coefficient (Wildman–Crippen LogP) is 0.693. The third-order valence-electron chi connectivity index (χ3n) is 3.15. The molecule has 2 nitrogen and oxygen atoms in total. The van der Waals surface area contributed by atoms with Crippen molar-refractivity contribution in [3.8, 4) is 11.8 Å². The normalized spacial score (nSPS) is 33.6. The van der Waals surface area contributed by atoms with Crippen LogP contribution in [0.1, 0.15) is 19.8 Å². The zero-order chi connectivity index (χ0) is 9.10. The van der Waals surface area contributed by atoms with E-state index in [0.29, 0.717) is 0 Å². The smallest absolute Gasteiger partial charge is 0.0602 e. The minimum absolute atomic E-state index is 0.757. The molecule has 1 N–H and O–H groups in total. The van der Waals surface area contributed by atoms with Gasteiger partial charge in [0.2, 0.25) is 0 Å². The maximum atomic E-state index is 3.60. The van der Waals surface area contributed by atoms with Gasteiger partial charge in [-0.1, -0.05) is 5.92 Å².